The molecule has 19 heavy (non-hydrogen) atoms. The van der Waals surface area contributed by atoms with Crippen LogP contribution in [0.4, 0.5) is 0 Å². The van der Waals surface area contributed by atoms with Crippen molar-refractivity contribution in [3.8, 4) is 0 Å². The van der Waals surface area contributed by atoms with E-state index in [0.29, 0.717) is 21.9 Å². The molecule has 0 aliphatic carbocycles. The van der Waals surface area contributed by atoms with E-state index in [1.165, 1.54) is 12.0 Å². The maximum absolute atomic E-state index is 6.09. The van der Waals surface area contributed by atoms with Crippen LogP contribution in [0.2, 0.25) is 10.0 Å². The number of hydrogen-bond donors (Lipinski definition) is 0. The van der Waals surface area contributed by atoms with Crippen molar-refractivity contribution in [1.82, 2.24) is 4.90 Å². The molecule has 1 aromatic carbocycles. The molecule has 2 nitrogen and oxygen atoms in total. The van der Waals surface area contributed by atoms with Crippen LogP contribution in [0.15, 0.2) is 18.2 Å². The molecule has 1 aliphatic heterocycles. The highest BCUT2D eigenvalue weighted by Crippen LogP contribution is 2.29. The molecule has 2 atom stereocenters. The molecule has 1 aromatic rings. The van der Waals surface area contributed by atoms with E-state index in [0.717, 1.165) is 26.1 Å². The number of likely N-dealkylation sites (tertiary alicyclic amines) is 1. The molecule has 4 heteroatoms. The average molecular weight is 302 g/mol. The third kappa shape index (κ3) is 4.09. The number of ether oxygens (including phenoxy) is 1. The fourth-order valence-corrected chi connectivity index (χ4v) is 3.22. The Labute approximate surface area is 125 Å². The summed E-state index contributed by atoms with van der Waals surface area (Å²) >= 11 is 12.0. The number of rotatable bonds is 4. The lowest BCUT2D eigenvalue weighted by Crippen LogP contribution is -2.40. The van der Waals surface area contributed by atoms with Gasteiger partial charge in [0, 0.05) is 13.7 Å². The first-order chi connectivity index (χ1) is 9.10. The summed E-state index contributed by atoms with van der Waals surface area (Å²) < 4.78 is 5.37. The van der Waals surface area contributed by atoms with Crippen LogP contribution in [-0.2, 0) is 11.2 Å². The summed E-state index contributed by atoms with van der Waals surface area (Å²) in [5.74, 6) is 1.26. The van der Waals surface area contributed by atoms with E-state index >= 15 is 0 Å². The average Bonchev–Trinajstić information content (AvgIpc) is 2.37. The van der Waals surface area contributed by atoms with Gasteiger partial charge < -0.3 is 9.64 Å². The topological polar surface area (TPSA) is 12.5 Å². The Morgan fingerprint density at radius 2 is 2.05 bits per heavy atom. The molecule has 0 bridgehead atoms. The second-order valence-electron chi connectivity index (χ2n) is 5.48. The van der Waals surface area contributed by atoms with Crippen molar-refractivity contribution >= 4 is 23.2 Å². The maximum Gasteiger partial charge on any atom is 0.0595 e. The zero-order valence-corrected chi connectivity index (χ0v) is 13.0. The van der Waals surface area contributed by atoms with Crippen molar-refractivity contribution in [2.24, 2.45) is 11.8 Å². The number of halogens is 2. The summed E-state index contributed by atoms with van der Waals surface area (Å²) in [5, 5.41) is 1.28. The Bertz CT molecular complexity index is 425. The van der Waals surface area contributed by atoms with Crippen LogP contribution < -0.4 is 0 Å². The lowest BCUT2D eigenvalue weighted by atomic mass is 9.82. The fraction of sp³-hybridized carbons (Fsp3) is 0.600. The van der Waals surface area contributed by atoms with Gasteiger partial charge in [-0.15, -0.1) is 0 Å². The van der Waals surface area contributed by atoms with Crippen molar-refractivity contribution in [2.45, 2.75) is 12.8 Å². The molecule has 106 valence electrons. The van der Waals surface area contributed by atoms with Gasteiger partial charge in [-0.3, -0.25) is 0 Å². The third-order valence-electron chi connectivity index (χ3n) is 3.96. The van der Waals surface area contributed by atoms with Crippen molar-refractivity contribution in [3.63, 3.8) is 0 Å². The van der Waals surface area contributed by atoms with Gasteiger partial charge in [0.15, 0.2) is 0 Å². The van der Waals surface area contributed by atoms with Gasteiger partial charge in [0.25, 0.3) is 0 Å². The van der Waals surface area contributed by atoms with Gasteiger partial charge in [-0.25, -0.2) is 0 Å². The second kappa shape index (κ2) is 6.94. The van der Waals surface area contributed by atoms with Crippen molar-refractivity contribution in [2.75, 3.05) is 33.9 Å². The van der Waals surface area contributed by atoms with Crippen LogP contribution in [0.25, 0.3) is 0 Å². The van der Waals surface area contributed by atoms with E-state index in [1.807, 2.05) is 12.1 Å². The third-order valence-corrected chi connectivity index (χ3v) is 4.70. The number of methoxy groups -OCH3 is 1. The minimum atomic E-state index is 0.596. The van der Waals surface area contributed by atoms with Crippen LogP contribution in [0, 0.1) is 11.8 Å². The Balaban J connectivity index is 2.05. The molecule has 2 rings (SSSR count). The van der Waals surface area contributed by atoms with Gasteiger partial charge >= 0.3 is 0 Å². The van der Waals surface area contributed by atoms with Gasteiger partial charge in [0.2, 0.25) is 0 Å². The number of benzene rings is 1. The van der Waals surface area contributed by atoms with Gasteiger partial charge in [-0.05, 0) is 56.0 Å². The summed E-state index contributed by atoms with van der Waals surface area (Å²) in [7, 11) is 3.96. The largest absolute Gasteiger partial charge is 0.384 e. The smallest absolute Gasteiger partial charge is 0.0595 e. The first-order valence-corrected chi connectivity index (χ1v) is 7.47. The highest BCUT2D eigenvalue weighted by molar-refractivity contribution is 6.42. The maximum atomic E-state index is 6.09. The van der Waals surface area contributed by atoms with E-state index in [2.05, 4.69) is 18.0 Å². The van der Waals surface area contributed by atoms with Gasteiger partial charge in [0.1, 0.15) is 0 Å². The van der Waals surface area contributed by atoms with Crippen molar-refractivity contribution in [3.05, 3.63) is 33.8 Å². The Morgan fingerprint density at radius 1 is 1.26 bits per heavy atom. The van der Waals surface area contributed by atoms with Crippen LogP contribution in [-0.4, -0.2) is 38.8 Å². The predicted molar refractivity (Wildman–Crippen MR) is 81.1 cm³/mol. The van der Waals surface area contributed by atoms with Gasteiger partial charge in [-0.2, -0.15) is 0 Å². The van der Waals surface area contributed by atoms with Crippen molar-refractivity contribution < 1.29 is 4.74 Å². The molecule has 1 fully saturated rings. The fourth-order valence-electron chi connectivity index (χ4n) is 2.90. The molecule has 1 aliphatic rings. The number of piperidine rings is 1. The first-order valence-electron chi connectivity index (χ1n) is 6.71. The molecule has 2 unspecified atom stereocenters. The van der Waals surface area contributed by atoms with Crippen LogP contribution >= 0.6 is 23.2 Å². The lowest BCUT2D eigenvalue weighted by Gasteiger charge is -2.36. The van der Waals surface area contributed by atoms with E-state index in [4.69, 9.17) is 27.9 Å². The molecule has 0 saturated carbocycles. The quantitative estimate of drug-likeness (QED) is 0.840. The molecule has 0 amide bonds. The lowest BCUT2D eigenvalue weighted by molar-refractivity contribution is 0.0616. The van der Waals surface area contributed by atoms with Crippen LogP contribution in [0.5, 0.6) is 0 Å². The molecule has 0 spiro atoms. The summed E-state index contributed by atoms with van der Waals surface area (Å²) in [6.07, 6.45) is 2.27. The zero-order valence-electron chi connectivity index (χ0n) is 11.5. The zero-order chi connectivity index (χ0) is 13.8. The second-order valence-corrected chi connectivity index (χ2v) is 6.29. The van der Waals surface area contributed by atoms with E-state index in [1.54, 1.807) is 7.11 Å². The molecular formula is C15H21Cl2NO. The predicted octanol–water partition coefficient (Wildman–Crippen LogP) is 3.75. The van der Waals surface area contributed by atoms with E-state index in [9.17, 15) is 0 Å². The Kier molecular flexibility index (Phi) is 5.52. The molecule has 1 saturated heterocycles. The number of hydrogen-bond acceptors (Lipinski definition) is 2. The van der Waals surface area contributed by atoms with Crippen LogP contribution in [0.3, 0.4) is 0 Å². The minimum absolute atomic E-state index is 0.596. The van der Waals surface area contributed by atoms with Gasteiger partial charge in [-0.1, -0.05) is 29.3 Å². The summed E-state index contributed by atoms with van der Waals surface area (Å²) in [6, 6.07) is 5.96. The Hall–Kier alpha value is -0.280. The first kappa shape index (κ1) is 15.1. The van der Waals surface area contributed by atoms with E-state index in [-0.39, 0.29) is 0 Å². The molecule has 0 N–H and O–H groups in total. The SMILES string of the molecule is COCC1CN(C)CCC1Cc1ccc(Cl)c(Cl)c1. The summed E-state index contributed by atoms with van der Waals surface area (Å²) in [6.45, 7) is 3.10. The Morgan fingerprint density at radius 3 is 2.74 bits per heavy atom. The highest BCUT2D eigenvalue weighted by atomic mass is 35.5. The van der Waals surface area contributed by atoms with E-state index < -0.39 is 0 Å². The monoisotopic (exact) mass is 301 g/mol. The van der Waals surface area contributed by atoms with Crippen molar-refractivity contribution in [1.29, 1.82) is 0 Å². The molecular weight excluding hydrogens is 281 g/mol. The van der Waals surface area contributed by atoms with Crippen LogP contribution in [0.1, 0.15) is 12.0 Å². The normalized spacial score (nSPS) is 24.6. The minimum Gasteiger partial charge on any atom is -0.384 e. The summed E-state index contributed by atoms with van der Waals surface area (Å²) in [4.78, 5) is 2.38. The molecule has 0 aromatic heterocycles. The molecule has 1 heterocycles. The molecule has 0 radical (unpaired) electrons. The summed E-state index contributed by atoms with van der Waals surface area (Å²) in [5.41, 5.74) is 1.27. The standard InChI is InChI=1S/C15H21Cl2NO/c1-18-6-5-12(13(9-18)10-19-2)7-11-3-4-14(16)15(17)8-11/h3-4,8,12-13H,5-7,9-10H2,1-2H3. The number of nitrogens with zero attached hydrogens (tertiary/aromatic N) is 1. The van der Waals surface area contributed by atoms with Gasteiger partial charge in [0.05, 0.1) is 16.7 Å². The highest BCUT2D eigenvalue weighted by Gasteiger charge is 2.27.